The zero-order chi connectivity index (χ0) is 20.9. The number of halogens is 1. The maximum Gasteiger partial charge on any atom is 0.251 e. The maximum atomic E-state index is 13.7. The zero-order valence-electron chi connectivity index (χ0n) is 16.1. The van der Waals surface area contributed by atoms with Crippen molar-refractivity contribution < 1.29 is 22.7 Å². The van der Waals surface area contributed by atoms with Gasteiger partial charge in [0.1, 0.15) is 11.6 Å². The van der Waals surface area contributed by atoms with Crippen LogP contribution in [0.5, 0.6) is 5.75 Å². The lowest BCUT2D eigenvalue weighted by Crippen LogP contribution is -2.42. The molecular formula is C21H25FN2O4S. The maximum absolute atomic E-state index is 13.7. The highest BCUT2D eigenvalue weighted by atomic mass is 32.2. The predicted octanol–water partition coefficient (Wildman–Crippen LogP) is 2.55. The van der Waals surface area contributed by atoms with Crippen molar-refractivity contribution in [1.29, 1.82) is 0 Å². The van der Waals surface area contributed by atoms with E-state index in [1.165, 1.54) is 22.5 Å². The monoisotopic (exact) mass is 420 g/mol. The Kier molecular flexibility index (Phi) is 6.87. The van der Waals surface area contributed by atoms with Gasteiger partial charge in [-0.1, -0.05) is 18.2 Å². The molecule has 0 radical (unpaired) electrons. The minimum atomic E-state index is -3.44. The molecule has 2 aromatic carbocycles. The summed E-state index contributed by atoms with van der Waals surface area (Å²) in [6.07, 6.45) is 1.47. The highest BCUT2D eigenvalue weighted by Gasteiger charge is 2.28. The molecular weight excluding hydrogens is 395 g/mol. The second-order valence-corrected chi connectivity index (χ2v) is 9.35. The molecule has 0 atom stereocenters. The number of aryl methyl sites for hydroxylation is 1. The summed E-state index contributed by atoms with van der Waals surface area (Å²) in [5.41, 5.74) is 0.874. The van der Waals surface area contributed by atoms with Crippen molar-refractivity contribution in [2.24, 2.45) is 5.92 Å². The van der Waals surface area contributed by atoms with Crippen LogP contribution in [0.1, 0.15) is 28.8 Å². The Morgan fingerprint density at radius 1 is 1.10 bits per heavy atom. The number of hydrogen-bond acceptors (Lipinski definition) is 4. The van der Waals surface area contributed by atoms with Crippen LogP contribution >= 0.6 is 0 Å². The van der Waals surface area contributed by atoms with E-state index in [0.29, 0.717) is 43.6 Å². The Hall–Kier alpha value is -2.45. The molecule has 2 N–H and O–H groups in total. The number of sulfonamides is 1. The van der Waals surface area contributed by atoms with Crippen molar-refractivity contribution in [3.8, 4) is 5.75 Å². The third kappa shape index (κ3) is 5.77. The lowest BCUT2D eigenvalue weighted by atomic mass is 9.98. The van der Waals surface area contributed by atoms with Crippen molar-refractivity contribution in [3.63, 3.8) is 0 Å². The van der Waals surface area contributed by atoms with Crippen molar-refractivity contribution in [1.82, 2.24) is 9.62 Å². The van der Waals surface area contributed by atoms with Crippen LogP contribution in [-0.2, 0) is 16.4 Å². The highest BCUT2D eigenvalue weighted by molar-refractivity contribution is 7.89. The Bertz CT molecular complexity index is 939. The van der Waals surface area contributed by atoms with Gasteiger partial charge in [-0.15, -0.1) is 0 Å². The number of phenols is 1. The molecule has 1 fully saturated rings. The van der Waals surface area contributed by atoms with Gasteiger partial charge in [-0.25, -0.2) is 17.1 Å². The van der Waals surface area contributed by atoms with E-state index in [1.54, 1.807) is 30.3 Å². The van der Waals surface area contributed by atoms with E-state index in [-0.39, 0.29) is 35.6 Å². The Morgan fingerprint density at radius 3 is 2.41 bits per heavy atom. The number of hydrogen-bond donors (Lipinski definition) is 2. The topological polar surface area (TPSA) is 86.7 Å². The second-order valence-electron chi connectivity index (χ2n) is 7.26. The van der Waals surface area contributed by atoms with Gasteiger partial charge in [0.2, 0.25) is 10.0 Å². The summed E-state index contributed by atoms with van der Waals surface area (Å²) in [5.74, 6) is -0.411. The van der Waals surface area contributed by atoms with E-state index >= 15 is 0 Å². The lowest BCUT2D eigenvalue weighted by molar-refractivity contribution is 0.0941. The van der Waals surface area contributed by atoms with E-state index < -0.39 is 10.0 Å². The molecule has 3 rings (SSSR count). The van der Waals surface area contributed by atoms with Crippen molar-refractivity contribution in [2.45, 2.75) is 19.3 Å². The SMILES string of the molecule is O=C(NCC1CCN(S(=O)(=O)CCc2ccccc2F)CC1)c1ccc(O)cc1. The molecule has 0 bridgehead atoms. The zero-order valence-corrected chi connectivity index (χ0v) is 16.9. The molecule has 0 unspecified atom stereocenters. The number of benzene rings is 2. The number of nitrogens with one attached hydrogen (secondary N) is 1. The van der Waals surface area contributed by atoms with Gasteiger partial charge in [-0.05, 0) is 61.1 Å². The predicted molar refractivity (Wildman–Crippen MR) is 109 cm³/mol. The van der Waals surface area contributed by atoms with Gasteiger partial charge in [0, 0.05) is 25.2 Å². The fraction of sp³-hybridized carbons (Fsp3) is 0.381. The van der Waals surface area contributed by atoms with Crippen LogP contribution in [0, 0.1) is 11.7 Å². The first-order chi connectivity index (χ1) is 13.8. The van der Waals surface area contributed by atoms with Crippen LogP contribution < -0.4 is 5.32 Å². The van der Waals surface area contributed by atoms with Gasteiger partial charge in [0.25, 0.3) is 5.91 Å². The molecule has 8 heteroatoms. The minimum absolute atomic E-state index is 0.102. The first kappa shape index (κ1) is 21.3. The van der Waals surface area contributed by atoms with E-state index in [4.69, 9.17) is 0 Å². The molecule has 0 saturated carbocycles. The van der Waals surface area contributed by atoms with Crippen LogP contribution in [0.2, 0.25) is 0 Å². The number of amides is 1. The third-order valence-electron chi connectivity index (χ3n) is 5.23. The van der Waals surface area contributed by atoms with Gasteiger partial charge < -0.3 is 10.4 Å². The molecule has 6 nitrogen and oxygen atoms in total. The van der Waals surface area contributed by atoms with Crippen LogP contribution in [-0.4, -0.2) is 49.1 Å². The molecule has 0 spiro atoms. The second kappa shape index (κ2) is 9.37. The number of carbonyl (C=O) groups excluding carboxylic acids is 1. The van der Waals surface area contributed by atoms with Crippen molar-refractivity contribution in [3.05, 3.63) is 65.5 Å². The van der Waals surface area contributed by atoms with Crippen LogP contribution in [0.3, 0.4) is 0 Å². The first-order valence-electron chi connectivity index (χ1n) is 9.63. The van der Waals surface area contributed by atoms with Crippen molar-refractivity contribution >= 4 is 15.9 Å². The third-order valence-corrected chi connectivity index (χ3v) is 7.11. The number of aromatic hydroxyl groups is 1. The normalized spacial score (nSPS) is 15.9. The molecule has 1 aliphatic heterocycles. The number of nitrogens with zero attached hydrogens (tertiary/aromatic N) is 1. The fourth-order valence-corrected chi connectivity index (χ4v) is 4.92. The Balaban J connectivity index is 1.45. The standard InChI is InChI=1S/C21H25FN2O4S/c22-20-4-2-1-3-17(20)11-14-29(27,28)24-12-9-16(10-13-24)15-23-21(26)18-5-7-19(25)8-6-18/h1-8,16,25H,9-15H2,(H,23,26). The van der Waals surface area contributed by atoms with Gasteiger partial charge >= 0.3 is 0 Å². The number of carbonyl (C=O) groups is 1. The van der Waals surface area contributed by atoms with Crippen LogP contribution in [0.4, 0.5) is 4.39 Å². The summed E-state index contributed by atoms with van der Waals surface area (Å²) in [6, 6.07) is 12.2. The van der Waals surface area contributed by atoms with E-state index in [9.17, 15) is 22.7 Å². The van der Waals surface area contributed by atoms with Crippen LogP contribution in [0.25, 0.3) is 0 Å². The van der Waals surface area contributed by atoms with E-state index in [1.807, 2.05) is 0 Å². The van der Waals surface area contributed by atoms with Gasteiger partial charge in [-0.3, -0.25) is 4.79 Å². The molecule has 29 heavy (non-hydrogen) atoms. The summed E-state index contributed by atoms with van der Waals surface area (Å²) in [6.45, 7) is 1.28. The summed E-state index contributed by atoms with van der Waals surface area (Å²) < 4.78 is 40.3. The lowest BCUT2D eigenvalue weighted by Gasteiger charge is -2.31. The van der Waals surface area contributed by atoms with Gasteiger partial charge in [-0.2, -0.15) is 0 Å². The molecule has 0 aromatic heterocycles. The highest BCUT2D eigenvalue weighted by Crippen LogP contribution is 2.20. The largest absolute Gasteiger partial charge is 0.508 e. The average Bonchev–Trinajstić information content (AvgIpc) is 2.72. The number of rotatable bonds is 7. The quantitative estimate of drug-likeness (QED) is 0.721. The molecule has 0 aliphatic carbocycles. The summed E-state index contributed by atoms with van der Waals surface area (Å²) >= 11 is 0. The Morgan fingerprint density at radius 2 is 1.76 bits per heavy atom. The number of piperidine rings is 1. The van der Waals surface area contributed by atoms with Gasteiger partial charge in [0.05, 0.1) is 5.75 Å². The molecule has 1 saturated heterocycles. The van der Waals surface area contributed by atoms with E-state index in [2.05, 4.69) is 5.32 Å². The summed E-state index contributed by atoms with van der Waals surface area (Å²) in [5, 5.41) is 12.1. The minimum Gasteiger partial charge on any atom is -0.508 e. The van der Waals surface area contributed by atoms with E-state index in [0.717, 1.165) is 0 Å². The summed E-state index contributed by atoms with van der Waals surface area (Å²) in [4.78, 5) is 12.1. The summed E-state index contributed by atoms with van der Waals surface area (Å²) in [7, 11) is -3.44. The molecule has 1 heterocycles. The van der Waals surface area contributed by atoms with Crippen LogP contribution in [0.15, 0.2) is 48.5 Å². The number of phenolic OH excluding ortho intramolecular Hbond substituents is 1. The average molecular weight is 421 g/mol. The Labute approximate surface area is 170 Å². The molecule has 1 aliphatic rings. The fourth-order valence-electron chi connectivity index (χ4n) is 3.41. The van der Waals surface area contributed by atoms with Gasteiger partial charge in [0.15, 0.2) is 0 Å². The molecule has 1 amide bonds. The first-order valence-corrected chi connectivity index (χ1v) is 11.2. The smallest absolute Gasteiger partial charge is 0.251 e. The molecule has 2 aromatic rings. The van der Waals surface area contributed by atoms with Crippen molar-refractivity contribution in [2.75, 3.05) is 25.4 Å². The molecule has 156 valence electrons.